The van der Waals surface area contributed by atoms with E-state index in [2.05, 4.69) is 45.0 Å². The lowest BCUT2D eigenvalue weighted by Gasteiger charge is -2.14. The monoisotopic (exact) mass is 364 g/mol. The van der Waals surface area contributed by atoms with Crippen molar-refractivity contribution in [3.05, 3.63) is 35.4 Å². The van der Waals surface area contributed by atoms with Gasteiger partial charge in [0.05, 0.1) is 7.35 Å². The first-order valence-electron chi connectivity index (χ1n) is 7.22. The summed E-state index contributed by atoms with van der Waals surface area (Å²) in [6.07, 6.45) is 3.18. The van der Waals surface area contributed by atoms with Crippen LogP contribution in [0.3, 0.4) is 0 Å². The van der Waals surface area contributed by atoms with E-state index in [1.165, 1.54) is 28.9 Å². The molecule has 0 bridgehead atoms. The van der Waals surface area contributed by atoms with Crippen molar-refractivity contribution in [3.63, 3.8) is 0 Å². The molecular weight excluding hydrogens is 335 g/mol. The molecule has 1 aromatic carbocycles. The second kappa shape index (κ2) is 11.2. The molecule has 1 saturated heterocycles. The van der Waals surface area contributed by atoms with E-state index in [-0.39, 0.29) is 0 Å². The molecule has 0 radical (unpaired) electrons. The molecule has 1 nitrogen and oxygen atoms in total. The summed E-state index contributed by atoms with van der Waals surface area (Å²) in [7, 11) is 3.37. The van der Waals surface area contributed by atoms with E-state index >= 15 is 0 Å². The van der Waals surface area contributed by atoms with Gasteiger partial charge in [-0.05, 0) is 45.7 Å². The van der Waals surface area contributed by atoms with E-state index in [0.717, 1.165) is 0 Å². The van der Waals surface area contributed by atoms with Gasteiger partial charge in [-0.15, -0.1) is 11.4 Å². The fraction of sp³-hybridized carbons (Fsp3) is 0.625. The maximum atomic E-state index is 8.39. The van der Waals surface area contributed by atoms with Crippen LogP contribution in [0.15, 0.2) is 24.3 Å². The van der Waals surface area contributed by atoms with Crippen LogP contribution < -0.4 is 0 Å². The molecule has 0 aromatic heterocycles. The number of rotatable bonds is 2. The molecule has 1 aliphatic heterocycles. The Labute approximate surface area is 144 Å². The molecule has 1 unspecified atom stereocenters. The molecule has 0 amide bonds. The highest BCUT2D eigenvalue weighted by Crippen LogP contribution is 2.57. The maximum Gasteiger partial charge on any atom is 0.0813 e. The fourth-order valence-corrected chi connectivity index (χ4v) is 5.00. The largest absolute Gasteiger partial charge is 0.363 e. The first kappa shape index (κ1) is 21.7. The van der Waals surface area contributed by atoms with Crippen molar-refractivity contribution in [1.29, 1.82) is 0 Å². The van der Waals surface area contributed by atoms with Gasteiger partial charge in [-0.3, -0.25) is 0 Å². The Bertz CT molecular complexity index is 380. The molecule has 1 aromatic rings. The molecule has 21 heavy (non-hydrogen) atoms. The van der Waals surface area contributed by atoms with Crippen LogP contribution in [-0.4, -0.2) is 22.6 Å². The molecule has 0 saturated carbocycles. The van der Waals surface area contributed by atoms with Crippen molar-refractivity contribution in [3.8, 4) is 0 Å². The minimum Gasteiger partial charge on any atom is -0.363 e. The summed E-state index contributed by atoms with van der Waals surface area (Å²) in [5, 5.41) is 0.690. The lowest BCUT2D eigenvalue weighted by molar-refractivity contribution is 0.645. The van der Waals surface area contributed by atoms with Crippen LogP contribution in [0.5, 0.6) is 0 Å². The minimum atomic E-state index is -0.682. The van der Waals surface area contributed by atoms with Crippen LogP contribution in [-0.2, 0) is 0 Å². The third kappa shape index (κ3) is 9.40. The van der Waals surface area contributed by atoms with E-state index in [4.69, 9.17) is 4.89 Å². The average molecular weight is 365 g/mol. The Morgan fingerprint density at radius 3 is 2.05 bits per heavy atom. The molecule has 1 N–H and O–H groups in total. The smallest absolute Gasteiger partial charge is 0.0813 e. The van der Waals surface area contributed by atoms with Crippen LogP contribution in [0, 0.1) is 6.92 Å². The Morgan fingerprint density at radius 1 is 1.24 bits per heavy atom. The Balaban J connectivity index is 0.000000489. The summed E-state index contributed by atoms with van der Waals surface area (Å²) < 4.78 is 0.445. The number of aryl methyl sites for hydroxylation is 1. The average Bonchev–Trinajstić information content (AvgIpc) is 2.83. The van der Waals surface area contributed by atoms with Crippen molar-refractivity contribution >= 4 is 40.3 Å². The van der Waals surface area contributed by atoms with Gasteiger partial charge in [-0.1, -0.05) is 65.3 Å². The SMILES string of the molecule is CC.CSP(C)O.Cc1ccc([C@H]2CC(C)(C)SS2)cc1. The fourth-order valence-electron chi connectivity index (χ4n) is 1.66. The molecule has 2 rings (SSSR count). The van der Waals surface area contributed by atoms with Crippen molar-refractivity contribution in [2.75, 3.05) is 12.9 Å². The van der Waals surface area contributed by atoms with Crippen molar-refractivity contribution in [2.45, 2.75) is 51.0 Å². The summed E-state index contributed by atoms with van der Waals surface area (Å²) in [4.78, 5) is 8.39. The van der Waals surface area contributed by atoms with E-state index in [1.54, 1.807) is 6.66 Å². The van der Waals surface area contributed by atoms with Crippen molar-refractivity contribution in [2.24, 2.45) is 0 Å². The molecule has 1 aliphatic rings. The minimum absolute atomic E-state index is 0.445. The van der Waals surface area contributed by atoms with E-state index in [0.29, 0.717) is 10.00 Å². The standard InChI is InChI=1S/C12H16S2.C2H7OPS.C2H6/c1-9-4-6-10(7-5-9)11-8-12(2,3)14-13-11;1-4(3)5-2;1-2/h4-7,11H,8H2,1-3H3;3H,1-2H3;1-2H3/t11-;;/m1../s1. The second-order valence-corrected chi connectivity index (χ2v) is 12.3. The van der Waals surface area contributed by atoms with Crippen LogP contribution in [0.4, 0.5) is 0 Å². The number of hydrogen-bond donors (Lipinski definition) is 1. The van der Waals surface area contributed by atoms with Gasteiger partial charge >= 0.3 is 0 Å². The quantitative estimate of drug-likeness (QED) is 0.454. The lowest BCUT2D eigenvalue weighted by Crippen LogP contribution is -2.09. The highest BCUT2D eigenvalue weighted by molar-refractivity contribution is 8.77. The van der Waals surface area contributed by atoms with Gasteiger partial charge in [0.15, 0.2) is 0 Å². The topological polar surface area (TPSA) is 20.2 Å². The molecule has 1 heterocycles. The molecule has 0 aliphatic carbocycles. The number of hydrogen-bond acceptors (Lipinski definition) is 4. The third-order valence-corrected chi connectivity index (χ3v) is 8.62. The summed E-state index contributed by atoms with van der Waals surface area (Å²) in [6.45, 7) is 12.6. The summed E-state index contributed by atoms with van der Waals surface area (Å²) in [5.74, 6) is 0. The second-order valence-electron chi connectivity index (χ2n) is 5.19. The van der Waals surface area contributed by atoms with Crippen LogP contribution >= 0.6 is 40.3 Å². The Kier molecular flexibility index (Phi) is 11.6. The zero-order chi connectivity index (χ0) is 16.5. The molecule has 1 fully saturated rings. The molecule has 122 valence electrons. The number of benzene rings is 1. The molecular formula is C16H29OPS3. The summed E-state index contributed by atoms with van der Waals surface area (Å²) in [6, 6.07) is 8.97. The van der Waals surface area contributed by atoms with E-state index in [9.17, 15) is 0 Å². The van der Waals surface area contributed by atoms with Crippen LogP contribution in [0.1, 0.15) is 50.5 Å². The highest BCUT2D eigenvalue weighted by Gasteiger charge is 2.33. The first-order valence-corrected chi connectivity index (χ1v) is 13.0. The lowest BCUT2D eigenvalue weighted by atomic mass is 10.0. The maximum absolute atomic E-state index is 8.39. The highest BCUT2D eigenvalue weighted by atomic mass is 33.1. The third-order valence-electron chi connectivity index (χ3n) is 2.78. The molecule has 2 atom stereocenters. The first-order chi connectivity index (χ1) is 9.84. The summed E-state index contributed by atoms with van der Waals surface area (Å²) in [5.41, 5.74) is 2.84. The van der Waals surface area contributed by atoms with Gasteiger partial charge in [0, 0.05) is 10.00 Å². The van der Waals surface area contributed by atoms with Crippen LogP contribution in [0.2, 0.25) is 0 Å². The zero-order valence-corrected chi connectivity index (χ0v) is 17.6. The van der Waals surface area contributed by atoms with Gasteiger partial charge in [-0.25, -0.2) is 0 Å². The normalized spacial score (nSPS) is 20.7. The van der Waals surface area contributed by atoms with Gasteiger partial charge in [0.25, 0.3) is 0 Å². The molecule has 0 spiro atoms. The van der Waals surface area contributed by atoms with Crippen molar-refractivity contribution < 1.29 is 4.89 Å². The predicted molar refractivity (Wildman–Crippen MR) is 108 cm³/mol. The predicted octanol–water partition coefficient (Wildman–Crippen LogP) is 6.91. The van der Waals surface area contributed by atoms with Gasteiger partial charge in [0.2, 0.25) is 0 Å². The van der Waals surface area contributed by atoms with Crippen LogP contribution in [0.25, 0.3) is 0 Å². The Hall–Kier alpha value is 0.660. The summed E-state index contributed by atoms with van der Waals surface area (Å²) >= 11 is 1.50. The van der Waals surface area contributed by atoms with Gasteiger partial charge in [0.1, 0.15) is 0 Å². The van der Waals surface area contributed by atoms with Gasteiger partial charge < -0.3 is 4.89 Å². The van der Waals surface area contributed by atoms with E-state index < -0.39 is 7.35 Å². The Morgan fingerprint density at radius 2 is 1.71 bits per heavy atom. The zero-order valence-electron chi connectivity index (χ0n) is 14.2. The molecule has 5 heteroatoms. The van der Waals surface area contributed by atoms with Crippen molar-refractivity contribution in [1.82, 2.24) is 0 Å². The van der Waals surface area contributed by atoms with Gasteiger partial charge in [-0.2, -0.15) is 0 Å². The van der Waals surface area contributed by atoms with E-state index in [1.807, 2.05) is 41.7 Å².